The normalized spacial score (nSPS) is 18.5. The van der Waals surface area contributed by atoms with Gasteiger partial charge in [0.1, 0.15) is 11.5 Å². The maximum atomic E-state index is 6.00. The van der Waals surface area contributed by atoms with Crippen LogP contribution >= 0.6 is 0 Å². The lowest BCUT2D eigenvalue weighted by Crippen LogP contribution is -2.38. The summed E-state index contributed by atoms with van der Waals surface area (Å²) >= 11 is 0. The van der Waals surface area contributed by atoms with Crippen molar-refractivity contribution in [1.29, 1.82) is 0 Å². The minimum Gasteiger partial charge on any atom is -0.496 e. The van der Waals surface area contributed by atoms with Crippen LogP contribution in [0.5, 0.6) is 5.75 Å². The molecule has 1 fully saturated rings. The Bertz CT molecular complexity index is 739. The highest BCUT2D eigenvalue weighted by atomic mass is 16.5. The van der Waals surface area contributed by atoms with Crippen LogP contribution in [0.25, 0.3) is 11.5 Å². The van der Waals surface area contributed by atoms with Gasteiger partial charge in [-0.05, 0) is 75.9 Å². The highest BCUT2D eigenvalue weighted by Crippen LogP contribution is 2.31. The molecule has 1 unspecified atom stereocenters. The Kier molecular flexibility index (Phi) is 5.45. The van der Waals surface area contributed by atoms with Crippen LogP contribution in [0.15, 0.2) is 16.5 Å². The van der Waals surface area contributed by atoms with Gasteiger partial charge in [-0.3, -0.25) is 4.90 Å². The smallest absolute Gasteiger partial charge is 0.226 e. The number of aryl methyl sites for hydroxylation is 3. The van der Waals surface area contributed by atoms with E-state index >= 15 is 0 Å². The van der Waals surface area contributed by atoms with E-state index in [1.54, 1.807) is 7.11 Å². The second kappa shape index (κ2) is 7.58. The van der Waals surface area contributed by atoms with Gasteiger partial charge in [-0.1, -0.05) is 0 Å². The molecule has 1 aromatic carbocycles. The van der Waals surface area contributed by atoms with E-state index in [9.17, 15) is 0 Å². The zero-order valence-corrected chi connectivity index (χ0v) is 15.8. The fourth-order valence-electron chi connectivity index (χ4n) is 3.63. The molecule has 0 saturated carbocycles. The minimum atomic E-state index is 0.604. The molecule has 1 aliphatic rings. The summed E-state index contributed by atoms with van der Waals surface area (Å²) < 4.78 is 11.4. The average molecular weight is 343 g/mol. The lowest BCUT2D eigenvalue weighted by Gasteiger charge is -2.31. The SMILES string of the molecule is COc1cc(C)c(-c2nc(CN3CCCC(CN)C3)c(C)o2)cc1C. The van der Waals surface area contributed by atoms with Crippen LogP contribution in [0.3, 0.4) is 0 Å². The Balaban J connectivity index is 1.82. The zero-order chi connectivity index (χ0) is 18.0. The van der Waals surface area contributed by atoms with E-state index in [0.717, 1.165) is 60.1 Å². The van der Waals surface area contributed by atoms with Crippen molar-refractivity contribution in [2.24, 2.45) is 11.7 Å². The number of aromatic nitrogens is 1. The summed E-state index contributed by atoms with van der Waals surface area (Å²) in [5.74, 6) is 3.10. The lowest BCUT2D eigenvalue weighted by atomic mass is 9.98. The van der Waals surface area contributed by atoms with Gasteiger partial charge >= 0.3 is 0 Å². The van der Waals surface area contributed by atoms with Gasteiger partial charge < -0.3 is 14.9 Å². The van der Waals surface area contributed by atoms with Gasteiger partial charge in [-0.25, -0.2) is 4.98 Å². The zero-order valence-electron chi connectivity index (χ0n) is 15.8. The monoisotopic (exact) mass is 343 g/mol. The molecule has 0 amide bonds. The number of oxazole rings is 1. The molecule has 0 radical (unpaired) electrons. The van der Waals surface area contributed by atoms with Crippen LogP contribution in [0.2, 0.25) is 0 Å². The van der Waals surface area contributed by atoms with Gasteiger partial charge in [-0.15, -0.1) is 0 Å². The Morgan fingerprint density at radius 1 is 1.28 bits per heavy atom. The van der Waals surface area contributed by atoms with Crippen molar-refractivity contribution in [1.82, 2.24) is 9.88 Å². The molecule has 0 spiro atoms. The number of benzene rings is 1. The minimum absolute atomic E-state index is 0.604. The summed E-state index contributed by atoms with van der Waals surface area (Å²) in [6, 6.07) is 4.13. The summed E-state index contributed by atoms with van der Waals surface area (Å²) in [7, 11) is 1.70. The molecule has 1 atom stereocenters. The standard InChI is InChI=1S/C20H29N3O2/c1-13-9-19(24-4)14(2)8-17(13)20-22-18(15(3)25-20)12-23-7-5-6-16(10-21)11-23/h8-9,16H,5-7,10-12,21H2,1-4H3. The van der Waals surface area contributed by atoms with Gasteiger partial charge in [-0.2, -0.15) is 0 Å². The number of nitrogens with zero attached hydrogens (tertiary/aromatic N) is 2. The molecule has 2 N–H and O–H groups in total. The predicted molar refractivity (Wildman–Crippen MR) is 99.8 cm³/mol. The van der Waals surface area contributed by atoms with Gasteiger partial charge in [0.25, 0.3) is 0 Å². The first-order chi connectivity index (χ1) is 12.0. The first kappa shape index (κ1) is 18.0. The topological polar surface area (TPSA) is 64.5 Å². The van der Waals surface area contributed by atoms with Gasteiger partial charge in [0.15, 0.2) is 0 Å². The van der Waals surface area contributed by atoms with Crippen molar-refractivity contribution in [2.75, 3.05) is 26.7 Å². The van der Waals surface area contributed by atoms with Crippen LogP contribution in [-0.4, -0.2) is 36.6 Å². The van der Waals surface area contributed by atoms with Crippen LogP contribution in [0.1, 0.15) is 35.4 Å². The number of piperidine rings is 1. The summed E-state index contributed by atoms with van der Waals surface area (Å²) in [5, 5.41) is 0. The molecule has 1 saturated heterocycles. The van der Waals surface area contributed by atoms with Crippen LogP contribution < -0.4 is 10.5 Å². The second-order valence-corrected chi connectivity index (χ2v) is 7.14. The van der Waals surface area contributed by atoms with E-state index < -0.39 is 0 Å². The fourth-order valence-corrected chi connectivity index (χ4v) is 3.63. The Hall–Kier alpha value is -1.85. The molecule has 1 aromatic heterocycles. The van der Waals surface area contributed by atoms with E-state index in [1.807, 2.05) is 19.9 Å². The van der Waals surface area contributed by atoms with Crippen molar-refractivity contribution in [3.8, 4) is 17.2 Å². The number of likely N-dealkylation sites (tertiary alicyclic amines) is 1. The van der Waals surface area contributed by atoms with E-state index in [4.69, 9.17) is 19.9 Å². The third-order valence-corrected chi connectivity index (χ3v) is 5.17. The number of rotatable bonds is 5. The molecule has 3 rings (SSSR count). The predicted octanol–water partition coefficient (Wildman–Crippen LogP) is 3.45. The van der Waals surface area contributed by atoms with E-state index in [1.165, 1.54) is 12.8 Å². The molecule has 0 aliphatic carbocycles. The van der Waals surface area contributed by atoms with Crippen LogP contribution in [0.4, 0.5) is 0 Å². The lowest BCUT2D eigenvalue weighted by molar-refractivity contribution is 0.169. The van der Waals surface area contributed by atoms with Gasteiger partial charge in [0.05, 0.1) is 12.8 Å². The molecule has 5 heteroatoms. The van der Waals surface area contributed by atoms with Gasteiger partial charge in [0.2, 0.25) is 5.89 Å². The van der Waals surface area contributed by atoms with Crippen LogP contribution in [-0.2, 0) is 6.54 Å². The first-order valence-electron chi connectivity index (χ1n) is 9.06. The fraction of sp³-hybridized carbons (Fsp3) is 0.550. The molecular formula is C20H29N3O2. The Morgan fingerprint density at radius 3 is 2.80 bits per heavy atom. The van der Waals surface area contributed by atoms with Crippen molar-refractivity contribution in [3.05, 3.63) is 34.7 Å². The molecule has 2 aromatic rings. The molecule has 25 heavy (non-hydrogen) atoms. The molecule has 2 heterocycles. The third-order valence-electron chi connectivity index (χ3n) is 5.17. The van der Waals surface area contributed by atoms with Crippen LogP contribution in [0, 0.1) is 26.7 Å². The largest absolute Gasteiger partial charge is 0.496 e. The third kappa shape index (κ3) is 3.88. The number of hydrogen-bond acceptors (Lipinski definition) is 5. The van der Waals surface area contributed by atoms with Crippen molar-refractivity contribution >= 4 is 0 Å². The molecular weight excluding hydrogens is 314 g/mol. The molecule has 136 valence electrons. The first-order valence-corrected chi connectivity index (χ1v) is 9.06. The average Bonchev–Trinajstić information content (AvgIpc) is 2.97. The highest BCUT2D eigenvalue weighted by molar-refractivity contribution is 5.62. The molecule has 5 nitrogen and oxygen atoms in total. The van der Waals surface area contributed by atoms with E-state index in [2.05, 4.69) is 17.9 Å². The van der Waals surface area contributed by atoms with Gasteiger partial charge in [0, 0.05) is 18.7 Å². The number of nitrogens with two attached hydrogens (primary N) is 1. The van der Waals surface area contributed by atoms with E-state index in [-0.39, 0.29) is 0 Å². The quantitative estimate of drug-likeness (QED) is 0.901. The Morgan fingerprint density at radius 2 is 2.08 bits per heavy atom. The number of methoxy groups -OCH3 is 1. The van der Waals surface area contributed by atoms with E-state index in [0.29, 0.717) is 11.8 Å². The Labute approximate surface area is 150 Å². The summed E-state index contributed by atoms with van der Waals surface area (Å²) in [5.41, 5.74) is 10.1. The summed E-state index contributed by atoms with van der Waals surface area (Å²) in [6.07, 6.45) is 2.45. The maximum absolute atomic E-state index is 6.00. The van der Waals surface area contributed by atoms with Crippen molar-refractivity contribution in [3.63, 3.8) is 0 Å². The molecule has 1 aliphatic heterocycles. The second-order valence-electron chi connectivity index (χ2n) is 7.14. The highest BCUT2D eigenvalue weighted by Gasteiger charge is 2.22. The number of ether oxygens (including phenoxy) is 1. The number of hydrogen-bond donors (Lipinski definition) is 1. The summed E-state index contributed by atoms with van der Waals surface area (Å²) in [4.78, 5) is 7.25. The van der Waals surface area contributed by atoms with Crippen molar-refractivity contribution < 1.29 is 9.15 Å². The maximum Gasteiger partial charge on any atom is 0.226 e. The molecule has 0 bridgehead atoms. The van der Waals surface area contributed by atoms with Crippen molar-refractivity contribution in [2.45, 2.75) is 40.2 Å². The summed E-state index contributed by atoms with van der Waals surface area (Å²) in [6.45, 7) is 9.87.